The second kappa shape index (κ2) is 4.83. The number of aromatic nitrogens is 1. The van der Waals surface area contributed by atoms with Crippen LogP contribution in [0.4, 0.5) is 0 Å². The molecule has 0 amide bonds. The van der Waals surface area contributed by atoms with Crippen LogP contribution in [0, 0.1) is 6.92 Å². The van der Waals surface area contributed by atoms with Crippen molar-refractivity contribution in [3.8, 4) is 0 Å². The van der Waals surface area contributed by atoms with E-state index in [1.54, 1.807) is 13.0 Å². The minimum atomic E-state index is -0.950. The van der Waals surface area contributed by atoms with Gasteiger partial charge in [0.25, 0.3) is 0 Å². The van der Waals surface area contributed by atoms with Gasteiger partial charge in [-0.25, -0.2) is 4.79 Å². The Bertz CT molecular complexity index is 981. The van der Waals surface area contributed by atoms with Crippen molar-refractivity contribution in [2.24, 2.45) is 0 Å². The number of rotatable bonds is 2. The number of aryl methyl sites for hydroxylation is 1. The summed E-state index contributed by atoms with van der Waals surface area (Å²) in [5, 5.41) is 20.5. The van der Waals surface area contributed by atoms with Crippen LogP contribution < -0.4 is 0 Å². The molecule has 3 aromatic rings. The fourth-order valence-electron chi connectivity index (χ4n) is 3.44. The number of aliphatic hydroxyl groups excluding tert-OH is 1. The van der Waals surface area contributed by atoms with E-state index in [0.29, 0.717) is 11.1 Å². The molecule has 0 aliphatic heterocycles. The molecule has 3 N–H and O–H groups in total. The normalized spacial score (nSPS) is 16.4. The predicted octanol–water partition coefficient (Wildman–Crippen LogP) is 3.65. The predicted molar refractivity (Wildman–Crippen MR) is 88.5 cm³/mol. The Morgan fingerprint density at radius 2 is 1.83 bits per heavy atom. The van der Waals surface area contributed by atoms with Crippen LogP contribution in [0.3, 0.4) is 0 Å². The first kappa shape index (κ1) is 13.8. The van der Waals surface area contributed by atoms with Crippen molar-refractivity contribution in [2.45, 2.75) is 13.0 Å². The summed E-state index contributed by atoms with van der Waals surface area (Å²) in [6.45, 7) is 1.76. The maximum Gasteiger partial charge on any atom is 0.338 e. The highest BCUT2D eigenvalue weighted by atomic mass is 16.4. The van der Waals surface area contributed by atoms with Crippen LogP contribution in [0.5, 0.6) is 0 Å². The Morgan fingerprint density at radius 1 is 1.09 bits per heavy atom. The molecule has 2 aromatic carbocycles. The summed E-state index contributed by atoms with van der Waals surface area (Å²) < 4.78 is 0. The second-order valence-electron chi connectivity index (χ2n) is 5.77. The third-order valence-corrected chi connectivity index (χ3v) is 4.41. The molecule has 0 saturated carbocycles. The highest BCUT2D eigenvalue weighted by Gasteiger charge is 2.26. The highest BCUT2D eigenvalue weighted by Crippen LogP contribution is 2.41. The van der Waals surface area contributed by atoms with Gasteiger partial charge in [-0.1, -0.05) is 36.4 Å². The standard InChI is InChI=1S/C19H15NO3/c1-10-17(19(22)23)18-13(7-4-8-15(18)20-10)14-9-16(21)12-6-3-2-5-11(12)14/h2-9,16,20-21H,1H3,(H,22,23). The fourth-order valence-corrected chi connectivity index (χ4v) is 3.44. The lowest BCUT2D eigenvalue weighted by Gasteiger charge is -2.08. The van der Waals surface area contributed by atoms with Gasteiger partial charge in [-0.05, 0) is 41.3 Å². The summed E-state index contributed by atoms with van der Waals surface area (Å²) in [5.41, 5.74) is 5.21. The number of fused-ring (bicyclic) bond motifs is 2. The molecule has 0 fully saturated rings. The Hall–Kier alpha value is -2.85. The molecule has 0 spiro atoms. The molecule has 4 nitrogen and oxygen atoms in total. The van der Waals surface area contributed by atoms with E-state index < -0.39 is 12.1 Å². The number of carboxylic acid groups (broad SMARTS) is 1. The van der Waals surface area contributed by atoms with E-state index >= 15 is 0 Å². The molecule has 4 heteroatoms. The average Bonchev–Trinajstić information content (AvgIpc) is 3.04. The smallest absolute Gasteiger partial charge is 0.338 e. The van der Waals surface area contributed by atoms with E-state index in [0.717, 1.165) is 27.8 Å². The van der Waals surface area contributed by atoms with Gasteiger partial charge in [0.05, 0.1) is 11.7 Å². The topological polar surface area (TPSA) is 73.3 Å². The molecule has 114 valence electrons. The van der Waals surface area contributed by atoms with Gasteiger partial charge < -0.3 is 15.2 Å². The van der Waals surface area contributed by atoms with Crippen LogP contribution in [0.2, 0.25) is 0 Å². The number of carbonyl (C=O) groups is 1. The van der Waals surface area contributed by atoms with Gasteiger partial charge in [0.2, 0.25) is 0 Å². The first-order chi connectivity index (χ1) is 11.1. The number of nitrogens with one attached hydrogen (secondary N) is 1. The third kappa shape index (κ3) is 1.92. The van der Waals surface area contributed by atoms with Crippen molar-refractivity contribution < 1.29 is 15.0 Å². The summed E-state index contributed by atoms with van der Waals surface area (Å²) in [6.07, 6.45) is 1.12. The number of H-pyrrole nitrogens is 1. The quantitative estimate of drug-likeness (QED) is 0.676. The van der Waals surface area contributed by atoms with E-state index in [1.165, 1.54) is 0 Å². The van der Waals surface area contributed by atoms with Crippen LogP contribution in [0.15, 0.2) is 48.5 Å². The number of hydrogen-bond donors (Lipinski definition) is 3. The number of aliphatic hydroxyl groups is 1. The van der Waals surface area contributed by atoms with Crippen molar-refractivity contribution >= 4 is 22.4 Å². The second-order valence-corrected chi connectivity index (χ2v) is 5.77. The Labute approximate surface area is 132 Å². The minimum Gasteiger partial charge on any atom is -0.478 e. The monoisotopic (exact) mass is 305 g/mol. The Morgan fingerprint density at radius 3 is 2.61 bits per heavy atom. The van der Waals surface area contributed by atoms with Crippen LogP contribution in [-0.2, 0) is 0 Å². The van der Waals surface area contributed by atoms with E-state index in [9.17, 15) is 15.0 Å². The summed E-state index contributed by atoms with van der Waals surface area (Å²) in [5.74, 6) is -0.950. The van der Waals surface area contributed by atoms with Crippen LogP contribution in [0.1, 0.15) is 38.8 Å². The third-order valence-electron chi connectivity index (χ3n) is 4.41. The molecular weight excluding hydrogens is 290 g/mol. The molecule has 23 heavy (non-hydrogen) atoms. The SMILES string of the molecule is Cc1[nH]c2cccc(C3=CC(O)c4ccccc43)c2c1C(=O)O. The first-order valence-electron chi connectivity index (χ1n) is 7.42. The zero-order valence-electron chi connectivity index (χ0n) is 12.5. The van der Waals surface area contributed by atoms with Crippen molar-refractivity contribution in [1.82, 2.24) is 4.98 Å². The number of benzene rings is 2. The van der Waals surface area contributed by atoms with E-state index in [2.05, 4.69) is 4.98 Å². The molecule has 0 radical (unpaired) electrons. The van der Waals surface area contributed by atoms with Crippen LogP contribution in [-0.4, -0.2) is 21.2 Å². The van der Waals surface area contributed by atoms with Gasteiger partial charge in [0.15, 0.2) is 0 Å². The van der Waals surface area contributed by atoms with E-state index in [1.807, 2.05) is 42.5 Å². The highest BCUT2D eigenvalue weighted by molar-refractivity contribution is 6.10. The number of aromatic carboxylic acids is 1. The summed E-state index contributed by atoms with van der Waals surface area (Å²) in [6, 6.07) is 13.3. The van der Waals surface area contributed by atoms with Gasteiger partial charge in [0, 0.05) is 16.6 Å². The minimum absolute atomic E-state index is 0.287. The van der Waals surface area contributed by atoms with Crippen LogP contribution in [0.25, 0.3) is 16.5 Å². The van der Waals surface area contributed by atoms with Crippen molar-refractivity contribution in [3.05, 3.63) is 76.5 Å². The number of aromatic amines is 1. The molecular formula is C19H15NO3. The lowest BCUT2D eigenvalue weighted by Crippen LogP contribution is -1.99. The van der Waals surface area contributed by atoms with E-state index in [4.69, 9.17) is 0 Å². The molecule has 1 unspecified atom stereocenters. The molecule has 1 aromatic heterocycles. The van der Waals surface area contributed by atoms with Gasteiger partial charge in [-0.15, -0.1) is 0 Å². The lowest BCUT2D eigenvalue weighted by molar-refractivity contribution is 0.0698. The molecule has 1 aliphatic rings. The zero-order chi connectivity index (χ0) is 16.1. The van der Waals surface area contributed by atoms with Gasteiger partial charge in [-0.3, -0.25) is 0 Å². The first-order valence-corrected chi connectivity index (χ1v) is 7.42. The van der Waals surface area contributed by atoms with Gasteiger partial charge >= 0.3 is 5.97 Å². The Balaban J connectivity index is 2.05. The molecule has 0 bridgehead atoms. The van der Waals surface area contributed by atoms with Crippen molar-refractivity contribution in [3.63, 3.8) is 0 Å². The largest absolute Gasteiger partial charge is 0.478 e. The maximum absolute atomic E-state index is 11.7. The van der Waals surface area contributed by atoms with E-state index in [-0.39, 0.29) is 5.56 Å². The number of hydrogen-bond acceptors (Lipinski definition) is 2. The summed E-state index contributed by atoms with van der Waals surface area (Å²) >= 11 is 0. The average molecular weight is 305 g/mol. The van der Waals surface area contributed by atoms with Crippen molar-refractivity contribution in [1.29, 1.82) is 0 Å². The molecule has 1 aliphatic carbocycles. The zero-order valence-corrected chi connectivity index (χ0v) is 12.5. The maximum atomic E-state index is 11.7. The van der Waals surface area contributed by atoms with Crippen LogP contribution >= 0.6 is 0 Å². The van der Waals surface area contributed by atoms with Crippen molar-refractivity contribution in [2.75, 3.05) is 0 Å². The molecule has 1 heterocycles. The molecule has 4 rings (SSSR count). The molecule has 1 atom stereocenters. The Kier molecular flexibility index (Phi) is 2.89. The van der Waals surface area contributed by atoms with Gasteiger partial charge in [0.1, 0.15) is 0 Å². The number of carboxylic acids is 1. The van der Waals surface area contributed by atoms with Gasteiger partial charge in [-0.2, -0.15) is 0 Å². The lowest BCUT2D eigenvalue weighted by atomic mass is 9.94. The fraction of sp³-hybridized carbons (Fsp3) is 0.105. The molecule has 0 saturated heterocycles. The summed E-state index contributed by atoms with van der Waals surface area (Å²) in [4.78, 5) is 14.8. The summed E-state index contributed by atoms with van der Waals surface area (Å²) in [7, 11) is 0.